The van der Waals surface area contributed by atoms with Crippen LogP contribution in [0.25, 0.3) is 11.1 Å². The zero-order chi connectivity index (χ0) is 12.6. The van der Waals surface area contributed by atoms with Gasteiger partial charge in [-0.2, -0.15) is 0 Å². The van der Waals surface area contributed by atoms with Crippen molar-refractivity contribution >= 4 is 11.6 Å². The summed E-state index contributed by atoms with van der Waals surface area (Å²) in [4.78, 5) is 0. The van der Waals surface area contributed by atoms with Crippen LogP contribution in [0.1, 0.15) is 5.56 Å². The van der Waals surface area contributed by atoms with Crippen LogP contribution in [0.2, 0.25) is 5.02 Å². The summed E-state index contributed by atoms with van der Waals surface area (Å²) in [5.74, 6) is -1.98. The Morgan fingerprint density at radius 2 is 1.65 bits per heavy atom. The maximum absolute atomic E-state index is 13.7. The summed E-state index contributed by atoms with van der Waals surface area (Å²) < 4.78 is 40.6. The fourth-order valence-corrected chi connectivity index (χ4v) is 1.86. The molecule has 0 atom stereocenters. The molecule has 2 aromatic carbocycles. The Morgan fingerprint density at radius 3 is 2.29 bits per heavy atom. The molecule has 0 unspecified atom stereocenters. The van der Waals surface area contributed by atoms with Gasteiger partial charge in [0.25, 0.3) is 0 Å². The summed E-state index contributed by atoms with van der Waals surface area (Å²) in [5, 5.41) is 0.0483. The number of benzene rings is 2. The predicted octanol–water partition coefficient (Wildman–Crippen LogP) is 4.73. The minimum absolute atomic E-state index is 0.0483. The highest BCUT2D eigenvalue weighted by Gasteiger charge is 2.15. The highest BCUT2D eigenvalue weighted by molar-refractivity contribution is 6.33. The third-order valence-electron chi connectivity index (χ3n) is 2.48. The molecule has 88 valence electrons. The van der Waals surface area contributed by atoms with Gasteiger partial charge in [-0.1, -0.05) is 17.7 Å². The van der Waals surface area contributed by atoms with Gasteiger partial charge in [0.1, 0.15) is 17.5 Å². The van der Waals surface area contributed by atoms with E-state index in [0.29, 0.717) is 0 Å². The number of rotatable bonds is 1. The third-order valence-corrected chi connectivity index (χ3v) is 2.80. The lowest BCUT2D eigenvalue weighted by molar-refractivity contribution is 0.591. The molecule has 0 aliphatic carbocycles. The lowest BCUT2D eigenvalue weighted by atomic mass is 10.0. The molecule has 4 heteroatoms. The monoisotopic (exact) mass is 256 g/mol. The van der Waals surface area contributed by atoms with Crippen molar-refractivity contribution in [2.75, 3.05) is 0 Å². The summed E-state index contributed by atoms with van der Waals surface area (Å²) in [6.45, 7) is 1.44. The van der Waals surface area contributed by atoms with Gasteiger partial charge in [-0.05, 0) is 36.8 Å². The molecule has 0 bridgehead atoms. The minimum atomic E-state index is -0.698. The number of hydrogen-bond acceptors (Lipinski definition) is 0. The van der Waals surface area contributed by atoms with E-state index in [1.807, 2.05) is 0 Å². The Balaban J connectivity index is 2.73. The molecule has 0 saturated carbocycles. The van der Waals surface area contributed by atoms with Crippen LogP contribution >= 0.6 is 11.6 Å². The van der Waals surface area contributed by atoms with Gasteiger partial charge in [0.05, 0.1) is 5.02 Å². The van der Waals surface area contributed by atoms with Crippen LogP contribution in [-0.4, -0.2) is 0 Å². The molecule has 0 fully saturated rings. The van der Waals surface area contributed by atoms with Crippen LogP contribution in [0, 0.1) is 24.4 Å². The third kappa shape index (κ3) is 2.15. The molecular formula is C13H8ClF3. The summed E-state index contributed by atoms with van der Waals surface area (Å²) in [5.41, 5.74) is -0.125. The van der Waals surface area contributed by atoms with Crippen molar-refractivity contribution in [3.8, 4) is 11.1 Å². The van der Waals surface area contributed by atoms with Gasteiger partial charge < -0.3 is 0 Å². The second kappa shape index (κ2) is 4.41. The summed E-state index contributed by atoms with van der Waals surface area (Å²) in [6.07, 6.45) is 0. The molecule has 0 saturated heterocycles. The summed E-state index contributed by atoms with van der Waals surface area (Å²) in [7, 11) is 0. The molecule has 17 heavy (non-hydrogen) atoms. The van der Waals surface area contributed by atoms with Gasteiger partial charge in [-0.25, -0.2) is 13.2 Å². The van der Waals surface area contributed by atoms with Crippen LogP contribution in [0.15, 0.2) is 30.3 Å². The molecule has 0 aliphatic heterocycles. The molecule has 0 nitrogen and oxygen atoms in total. The van der Waals surface area contributed by atoms with Crippen molar-refractivity contribution in [1.82, 2.24) is 0 Å². The minimum Gasteiger partial charge on any atom is -0.207 e. The van der Waals surface area contributed by atoms with Gasteiger partial charge >= 0.3 is 0 Å². The van der Waals surface area contributed by atoms with Crippen molar-refractivity contribution in [2.24, 2.45) is 0 Å². The van der Waals surface area contributed by atoms with Gasteiger partial charge in [0.15, 0.2) is 0 Å². The fraction of sp³-hybridized carbons (Fsp3) is 0.0769. The highest BCUT2D eigenvalue weighted by atomic mass is 35.5. The smallest absolute Gasteiger partial charge is 0.132 e. The van der Waals surface area contributed by atoms with E-state index in [-0.39, 0.29) is 21.7 Å². The predicted molar refractivity (Wildman–Crippen MR) is 61.5 cm³/mol. The van der Waals surface area contributed by atoms with Crippen molar-refractivity contribution in [2.45, 2.75) is 6.92 Å². The van der Waals surface area contributed by atoms with E-state index in [4.69, 9.17) is 11.6 Å². The topological polar surface area (TPSA) is 0 Å². The molecule has 0 amide bonds. The molecule has 0 aromatic heterocycles. The Hall–Kier alpha value is -1.48. The standard InChI is InChI=1S/C13H8ClF3/c1-7-5-12(17)8(6-11(7)16)13-9(14)3-2-4-10(13)15/h2-6H,1H3. The second-order valence-corrected chi connectivity index (χ2v) is 4.09. The molecular weight excluding hydrogens is 249 g/mol. The Kier molecular flexibility index (Phi) is 3.11. The lowest BCUT2D eigenvalue weighted by Crippen LogP contribution is -1.93. The average Bonchev–Trinajstić information content (AvgIpc) is 2.25. The SMILES string of the molecule is Cc1cc(F)c(-c2c(F)cccc2Cl)cc1F. The Bertz CT molecular complexity index is 559. The first-order valence-corrected chi connectivity index (χ1v) is 5.28. The second-order valence-electron chi connectivity index (χ2n) is 3.68. The van der Waals surface area contributed by atoms with E-state index in [2.05, 4.69) is 0 Å². The van der Waals surface area contributed by atoms with Gasteiger partial charge in [0.2, 0.25) is 0 Å². The zero-order valence-electron chi connectivity index (χ0n) is 8.90. The zero-order valence-corrected chi connectivity index (χ0v) is 9.65. The lowest BCUT2D eigenvalue weighted by Gasteiger charge is -2.08. The van der Waals surface area contributed by atoms with Gasteiger partial charge in [-0.15, -0.1) is 0 Å². The number of hydrogen-bond donors (Lipinski definition) is 0. The molecule has 0 radical (unpaired) electrons. The summed E-state index contributed by atoms with van der Waals surface area (Å²) >= 11 is 5.80. The van der Waals surface area contributed by atoms with Crippen molar-refractivity contribution in [3.05, 3.63) is 58.4 Å². The first kappa shape index (κ1) is 12.0. The molecule has 0 spiro atoms. The van der Waals surface area contributed by atoms with Crippen molar-refractivity contribution < 1.29 is 13.2 Å². The maximum atomic E-state index is 13.7. The van der Waals surface area contributed by atoms with Crippen LogP contribution in [0.3, 0.4) is 0 Å². The maximum Gasteiger partial charge on any atom is 0.132 e. The number of aryl methyl sites for hydroxylation is 1. The molecule has 0 N–H and O–H groups in total. The van der Waals surface area contributed by atoms with Crippen LogP contribution in [0.4, 0.5) is 13.2 Å². The largest absolute Gasteiger partial charge is 0.207 e. The Morgan fingerprint density at radius 1 is 0.941 bits per heavy atom. The van der Waals surface area contributed by atoms with E-state index in [1.54, 1.807) is 0 Å². The Labute approximate surface area is 102 Å². The van der Waals surface area contributed by atoms with E-state index < -0.39 is 17.5 Å². The van der Waals surface area contributed by atoms with Gasteiger partial charge in [-0.3, -0.25) is 0 Å². The molecule has 0 heterocycles. The molecule has 0 aliphatic rings. The average molecular weight is 257 g/mol. The summed E-state index contributed by atoms with van der Waals surface area (Å²) in [6, 6.07) is 5.96. The van der Waals surface area contributed by atoms with Crippen molar-refractivity contribution in [3.63, 3.8) is 0 Å². The van der Waals surface area contributed by atoms with E-state index >= 15 is 0 Å². The van der Waals surface area contributed by atoms with Crippen LogP contribution < -0.4 is 0 Å². The van der Waals surface area contributed by atoms with E-state index in [1.165, 1.54) is 19.1 Å². The van der Waals surface area contributed by atoms with Crippen LogP contribution in [-0.2, 0) is 0 Å². The first-order chi connectivity index (χ1) is 8.00. The van der Waals surface area contributed by atoms with Gasteiger partial charge in [0, 0.05) is 11.1 Å². The van der Waals surface area contributed by atoms with Crippen molar-refractivity contribution in [1.29, 1.82) is 0 Å². The van der Waals surface area contributed by atoms with Crippen LogP contribution in [0.5, 0.6) is 0 Å². The molecule has 2 aromatic rings. The fourth-order valence-electron chi connectivity index (χ4n) is 1.59. The quantitative estimate of drug-likeness (QED) is 0.692. The highest BCUT2D eigenvalue weighted by Crippen LogP contribution is 2.33. The molecule has 2 rings (SSSR count). The number of halogens is 4. The van der Waals surface area contributed by atoms with E-state index in [0.717, 1.165) is 18.2 Å². The van der Waals surface area contributed by atoms with E-state index in [9.17, 15) is 13.2 Å². The normalized spacial score (nSPS) is 10.6. The first-order valence-electron chi connectivity index (χ1n) is 4.90.